The first-order valence-electron chi connectivity index (χ1n) is 5.38. The van der Waals surface area contributed by atoms with Gasteiger partial charge in [-0.05, 0) is 30.5 Å². The van der Waals surface area contributed by atoms with Crippen LogP contribution in [0, 0.1) is 0 Å². The molecule has 1 aromatic carbocycles. The Morgan fingerprint density at radius 3 is 2.87 bits per heavy atom. The predicted octanol–water partition coefficient (Wildman–Crippen LogP) is 1.96. The second-order valence-corrected chi connectivity index (χ2v) is 3.87. The van der Waals surface area contributed by atoms with Gasteiger partial charge in [-0.1, -0.05) is 12.1 Å². The summed E-state index contributed by atoms with van der Waals surface area (Å²) in [5.74, 6) is 0. The lowest BCUT2D eigenvalue weighted by molar-refractivity contribution is -0.0390. The lowest BCUT2D eigenvalue weighted by Gasteiger charge is -2.22. The maximum absolute atomic E-state index is 5.79. The van der Waals surface area contributed by atoms with Crippen LogP contribution in [0.1, 0.15) is 18.4 Å². The molecule has 1 heterocycles. The van der Waals surface area contributed by atoms with Crippen molar-refractivity contribution in [3.8, 4) is 0 Å². The van der Waals surface area contributed by atoms with E-state index in [0.717, 1.165) is 37.3 Å². The smallest absolute Gasteiger partial charge is 0.0721 e. The molecule has 1 saturated heterocycles. The van der Waals surface area contributed by atoms with Crippen LogP contribution in [0.4, 0.5) is 5.69 Å². The quantitative estimate of drug-likeness (QED) is 0.771. The van der Waals surface area contributed by atoms with Crippen molar-refractivity contribution in [3.63, 3.8) is 0 Å². The molecule has 0 bridgehead atoms. The first-order chi connectivity index (χ1) is 7.34. The van der Waals surface area contributed by atoms with Crippen molar-refractivity contribution in [2.75, 3.05) is 18.9 Å². The molecular formula is C12H17NO2. The summed E-state index contributed by atoms with van der Waals surface area (Å²) in [4.78, 5) is 0. The van der Waals surface area contributed by atoms with Gasteiger partial charge in [0.25, 0.3) is 0 Å². The van der Waals surface area contributed by atoms with Crippen LogP contribution >= 0.6 is 0 Å². The molecule has 0 aliphatic carbocycles. The van der Waals surface area contributed by atoms with Crippen LogP contribution in [0.3, 0.4) is 0 Å². The van der Waals surface area contributed by atoms with Crippen LogP contribution < -0.4 is 5.73 Å². The highest BCUT2D eigenvalue weighted by Crippen LogP contribution is 2.14. The second-order valence-electron chi connectivity index (χ2n) is 3.87. The predicted molar refractivity (Wildman–Crippen MR) is 59.5 cm³/mol. The Morgan fingerprint density at radius 1 is 1.33 bits per heavy atom. The van der Waals surface area contributed by atoms with E-state index in [1.807, 2.05) is 24.3 Å². The molecule has 2 N–H and O–H groups in total. The molecule has 1 aromatic rings. The van der Waals surface area contributed by atoms with Gasteiger partial charge in [0.1, 0.15) is 0 Å². The number of hydrogen-bond acceptors (Lipinski definition) is 3. The van der Waals surface area contributed by atoms with Gasteiger partial charge in [0.15, 0.2) is 0 Å². The fourth-order valence-electron chi connectivity index (χ4n) is 1.74. The topological polar surface area (TPSA) is 44.5 Å². The maximum atomic E-state index is 5.79. The van der Waals surface area contributed by atoms with Gasteiger partial charge in [0.05, 0.1) is 12.7 Å². The van der Waals surface area contributed by atoms with E-state index in [4.69, 9.17) is 15.2 Å². The van der Waals surface area contributed by atoms with Gasteiger partial charge in [0, 0.05) is 18.9 Å². The van der Waals surface area contributed by atoms with Crippen LogP contribution in [-0.2, 0) is 16.1 Å². The fraction of sp³-hybridized carbons (Fsp3) is 0.500. The number of anilines is 1. The average molecular weight is 207 g/mol. The third-order valence-electron chi connectivity index (χ3n) is 2.61. The highest BCUT2D eigenvalue weighted by atomic mass is 16.5. The van der Waals surface area contributed by atoms with Gasteiger partial charge in [-0.25, -0.2) is 0 Å². The molecule has 0 amide bonds. The van der Waals surface area contributed by atoms with E-state index in [9.17, 15) is 0 Å². The Balaban J connectivity index is 1.81. The minimum atomic E-state index is 0.347. The molecule has 0 atom stereocenters. The van der Waals surface area contributed by atoms with Crippen molar-refractivity contribution in [2.24, 2.45) is 0 Å². The van der Waals surface area contributed by atoms with Crippen LogP contribution in [-0.4, -0.2) is 19.3 Å². The normalized spacial score (nSPS) is 17.9. The van der Waals surface area contributed by atoms with Crippen molar-refractivity contribution in [1.82, 2.24) is 0 Å². The van der Waals surface area contributed by atoms with Crippen molar-refractivity contribution in [3.05, 3.63) is 29.8 Å². The van der Waals surface area contributed by atoms with Gasteiger partial charge in [-0.3, -0.25) is 0 Å². The summed E-state index contributed by atoms with van der Waals surface area (Å²) in [5.41, 5.74) is 7.63. The molecule has 82 valence electrons. The second kappa shape index (κ2) is 5.14. The van der Waals surface area contributed by atoms with Gasteiger partial charge in [-0.2, -0.15) is 0 Å². The van der Waals surface area contributed by atoms with E-state index in [-0.39, 0.29) is 0 Å². The molecule has 2 rings (SSSR count). The lowest BCUT2D eigenvalue weighted by atomic mass is 10.1. The highest BCUT2D eigenvalue weighted by Gasteiger charge is 2.13. The minimum Gasteiger partial charge on any atom is -0.399 e. The summed E-state index contributed by atoms with van der Waals surface area (Å²) in [5, 5.41) is 0. The molecule has 15 heavy (non-hydrogen) atoms. The number of nitrogens with two attached hydrogens (primary N) is 1. The first kappa shape index (κ1) is 10.5. The number of nitrogen functional groups attached to an aromatic ring is 1. The molecule has 0 spiro atoms. The summed E-state index contributed by atoms with van der Waals surface area (Å²) >= 11 is 0. The Kier molecular flexibility index (Phi) is 3.59. The van der Waals surface area contributed by atoms with Gasteiger partial charge >= 0.3 is 0 Å². The largest absolute Gasteiger partial charge is 0.399 e. The van der Waals surface area contributed by atoms with E-state index >= 15 is 0 Å². The number of ether oxygens (including phenoxy) is 2. The zero-order valence-corrected chi connectivity index (χ0v) is 8.82. The fourth-order valence-corrected chi connectivity index (χ4v) is 1.74. The summed E-state index contributed by atoms with van der Waals surface area (Å²) in [6.45, 7) is 2.29. The molecule has 0 saturated carbocycles. The first-order valence-corrected chi connectivity index (χ1v) is 5.38. The summed E-state index contributed by atoms with van der Waals surface area (Å²) in [6.07, 6.45) is 2.35. The zero-order chi connectivity index (χ0) is 10.5. The molecule has 1 fully saturated rings. The molecular weight excluding hydrogens is 190 g/mol. The van der Waals surface area contributed by atoms with Crippen LogP contribution in [0.15, 0.2) is 24.3 Å². The SMILES string of the molecule is Nc1cccc(COC2CCOCC2)c1. The zero-order valence-electron chi connectivity index (χ0n) is 8.82. The average Bonchev–Trinajstić information content (AvgIpc) is 2.28. The van der Waals surface area contributed by atoms with Crippen LogP contribution in [0.5, 0.6) is 0 Å². The summed E-state index contributed by atoms with van der Waals surface area (Å²) in [6, 6.07) is 7.84. The summed E-state index contributed by atoms with van der Waals surface area (Å²) in [7, 11) is 0. The third-order valence-corrected chi connectivity index (χ3v) is 2.61. The van der Waals surface area contributed by atoms with E-state index in [1.54, 1.807) is 0 Å². The Labute approximate surface area is 90.2 Å². The van der Waals surface area contributed by atoms with Crippen LogP contribution in [0.25, 0.3) is 0 Å². The minimum absolute atomic E-state index is 0.347. The van der Waals surface area contributed by atoms with E-state index in [0.29, 0.717) is 12.7 Å². The van der Waals surface area contributed by atoms with E-state index in [2.05, 4.69) is 0 Å². The molecule has 0 unspecified atom stereocenters. The molecule has 0 radical (unpaired) electrons. The number of hydrogen-bond donors (Lipinski definition) is 1. The van der Waals surface area contributed by atoms with Crippen LogP contribution in [0.2, 0.25) is 0 Å². The monoisotopic (exact) mass is 207 g/mol. The molecule has 3 heteroatoms. The van der Waals surface area contributed by atoms with Crippen molar-refractivity contribution in [2.45, 2.75) is 25.6 Å². The Morgan fingerprint density at radius 2 is 2.13 bits per heavy atom. The lowest BCUT2D eigenvalue weighted by Crippen LogP contribution is -2.23. The third kappa shape index (κ3) is 3.22. The molecule has 3 nitrogen and oxygen atoms in total. The Hall–Kier alpha value is -1.06. The number of rotatable bonds is 3. The number of benzene rings is 1. The molecule has 0 aromatic heterocycles. The van der Waals surface area contributed by atoms with E-state index < -0.39 is 0 Å². The highest BCUT2D eigenvalue weighted by molar-refractivity contribution is 5.40. The molecule has 1 aliphatic rings. The van der Waals surface area contributed by atoms with E-state index in [1.165, 1.54) is 0 Å². The van der Waals surface area contributed by atoms with Crippen molar-refractivity contribution >= 4 is 5.69 Å². The molecule has 1 aliphatic heterocycles. The maximum Gasteiger partial charge on any atom is 0.0721 e. The van der Waals surface area contributed by atoms with Gasteiger partial charge in [-0.15, -0.1) is 0 Å². The van der Waals surface area contributed by atoms with Gasteiger partial charge in [0.2, 0.25) is 0 Å². The summed E-state index contributed by atoms with van der Waals surface area (Å²) < 4.78 is 11.1. The van der Waals surface area contributed by atoms with Gasteiger partial charge < -0.3 is 15.2 Å². The van der Waals surface area contributed by atoms with Crippen molar-refractivity contribution < 1.29 is 9.47 Å². The standard InChI is InChI=1S/C12H17NO2/c13-11-3-1-2-10(8-11)9-15-12-4-6-14-7-5-12/h1-3,8,12H,4-7,9,13H2. The Bertz CT molecular complexity index is 308. The van der Waals surface area contributed by atoms with Crippen molar-refractivity contribution in [1.29, 1.82) is 0 Å².